The Hall–Kier alpha value is -3.72. The Morgan fingerprint density at radius 3 is 2.77 bits per heavy atom. The fourth-order valence-corrected chi connectivity index (χ4v) is 5.11. The standard InChI is InChI=1S/C26H29N7O2/c1-3-25(34)32-8-7-20-24(17-32)33(29-26(20)31-9-11-35-12-10-31)23-6-4-5-18-13-22(27-15-21(18)23)19-14-28-30(2)16-19/h4-6,13-16H,3,7-12,17H2,1-2H3. The molecule has 2 aliphatic rings. The molecule has 0 saturated carbocycles. The molecule has 1 amide bonds. The summed E-state index contributed by atoms with van der Waals surface area (Å²) in [6.07, 6.45) is 7.04. The smallest absolute Gasteiger partial charge is 0.222 e. The molecule has 0 bridgehead atoms. The summed E-state index contributed by atoms with van der Waals surface area (Å²) in [5.41, 5.74) is 5.18. The second-order valence-electron chi connectivity index (χ2n) is 9.15. The van der Waals surface area contributed by atoms with E-state index < -0.39 is 0 Å². The third-order valence-electron chi connectivity index (χ3n) is 6.98. The van der Waals surface area contributed by atoms with Crippen LogP contribution in [0, 0.1) is 0 Å². The fraction of sp³-hybridized carbons (Fsp3) is 0.385. The number of benzene rings is 1. The molecule has 1 aromatic carbocycles. The highest BCUT2D eigenvalue weighted by Gasteiger charge is 2.30. The molecule has 0 radical (unpaired) electrons. The van der Waals surface area contributed by atoms with E-state index in [9.17, 15) is 4.79 Å². The number of morpholine rings is 1. The van der Waals surface area contributed by atoms with Gasteiger partial charge in [-0.1, -0.05) is 19.1 Å². The van der Waals surface area contributed by atoms with Crippen molar-refractivity contribution in [2.24, 2.45) is 7.05 Å². The molecule has 5 heterocycles. The summed E-state index contributed by atoms with van der Waals surface area (Å²) in [6, 6.07) is 8.35. The van der Waals surface area contributed by atoms with E-state index in [1.165, 1.54) is 5.56 Å². The van der Waals surface area contributed by atoms with Gasteiger partial charge in [-0.05, 0) is 23.9 Å². The van der Waals surface area contributed by atoms with Gasteiger partial charge in [0.25, 0.3) is 0 Å². The van der Waals surface area contributed by atoms with E-state index in [4.69, 9.17) is 14.8 Å². The number of carbonyl (C=O) groups is 1. The molecule has 0 aliphatic carbocycles. The Kier molecular flexibility index (Phi) is 5.49. The molecular weight excluding hydrogens is 442 g/mol. The van der Waals surface area contributed by atoms with Gasteiger partial charge < -0.3 is 14.5 Å². The highest BCUT2D eigenvalue weighted by atomic mass is 16.5. The van der Waals surface area contributed by atoms with Gasteiger partial charge in [-0.15, -0.1) is 5.10 Å². The van der Waals surface area contributed by atoms with Gasteiger partial charge in [0.15, 0.2) is 5.82 Å². The van der Waals surface area contributed by atoms with Crippen molar-refractivity contribution in [1.29, 1.82) is 0 Å². The van der Waals surface area contributed by atoms with Crippen molar-refractivity contribution in [3.05, 3.63) is 54.1 Å². The van der Waals surface area contributed by atoms with Crippen LogP contribution in [-0.4, -0.2) is 68.2 Å². The Bertz CT molecular complexity index is 1400. The number of fused-ring (bicyclic) bond motifs is 2. The van der Waals surface area contributed by atoms with Gasteiger partial charge in [-0.2, -0.15) is 5.10 Å². The summed E-state index contributed by atoms with van der Waals surface area (Å²) < 4.78 is 9.41. The van der Waals surface area contributed by atoms with Crippen LogP contribution in [0.25, 0.3) is 27.7 Å². The molecule has 9 heteroatoms. The Labute approximate surface area is 203 Å². The van der Waals surface area contributed by atoms with Crippen LogP contribution in [0.4, 0.5) is 5.82 Å². The van der Waals surface area contributed by atoms with Crippen LogP contribution in [0.15, 0.2) is 42.9 Å². The van der Waals surface area contributed by atoms with Crippen LogP contribution in [-0.2, 0) is 29.5 Å². The highest BCUT2D eigenvalue weighted by molar-refractivity contribution is 5.92. The number of pyridine rings is 1. The van der Waals surface area contributed by atoms with Crippen LogP contribution in [0.5, 0.6) is 0 Å². The van der Waals surface area contributed by atoms with E-state index in [0.717, 1.165) is 65.3 Å². The third-order valence-corrected chi connectivity index (χ3v) is 6.98. The topological polar surface area (TPSA) is 81.3 Å². The van der Waals surface area contributed by atoms with E-state index in [-0.39, 0.29) is 5.91 Å². The monoisotopic (exact) mass is 471 g/mol. The molecule has 2 aliphatic heterocycles. The lowest BCUT2D eigenvalue weighted by Gasteiger charge is -2.30. The minimum Gasteiger partial charge on any atom is -0.378 e. The van der Waals surface area contributed by atoms with E-state index in [0.29, 0.717) is 26.2 Å². The maximum atomic E-state index is 12.6. The van der Waals surface area contributed by atoms with Crippen molar-refractivity contribution in [3.63, 3.8) is 0 Å². The summed E-state index contributed by atoms with van der Waals surface area (Å²) in [5, 5.41) is 11.5. The normalized spacial score (nSPS) is 16.1. The van der Waals surface area contributed by atoms with E-state index >= 15 is 0 Å². The zero-order valence-corrected chi connectivity index (χ0v) is 20.1. The van der Waals surface area contributed by atoms with Crippen molar-refractivity contribution in [1.82, 2.24) is 29.4 Å². The van der Waals surface area contributed by atoms with Crippen molar-refractivity contribution in [3.8, 4) is 16.9 Å². The predicted molar refractivity (Wildman–Crippen MR) is 134 cm³/mol. The number of rotatable bonds is 4. The van der Waals surface area contributed by atoms with Gasteiger partial charge in [0.1, 0.15) is 0 Å². The number of ether oxygens (including phenoxy) is 1. The molecule has 4 aromatic rings. The molecule has 0 N–H and O–H groups in total. The first-order valence-corrected chi connectivity index (χ1v) is 12.2. The number of anilines is 1. The molecule has 9 nitrogen and oxygen atoms in total. The number of nitrogens with zero attached hydrogens (tertiary/aromatic N) is 7. The minimum atomic E-state index is 0.178. The highest BCUT2D eigenvalue weighted by Crippen LogP contribution is 2.34. The zero-order chi connectivity index (χ0) is 23.9. The molecule has 3 aromatic heterocycles. The molecule has 180 valence electrons. The molecule has 0 spiro atoms. The van der Waals surface area contributed by atoms with Gasteiger partial charge in [-0.3, -0.25) is 14.5 Å². The maximum Gasteiger partial charge on any atom is 0.222 e. The summed E-state index contributed by atoms with van der Waals surface area (Å²) in [4.78, 5) is 21.6. The van der Waals surface area contributed by atoms with Gasteiger partial charge >= 0.3 is 0 Å². The second-order valence-corrected chi connectivity index (χ2v) is 9.15. The molecule has 0 unspecified atom stereocenters. The number of amides is 1. The lowest BCUT2D eigenvalue weighted by atomic mass is 10.0. The lowest BCUT2D eigenvalue weighted by molar-refractivity contribution is -0.131. The van der Waals surface area contributed by atoms with Crippen LogP contribution >= 0.6 is 0 Å². The number of hydrogen-bond acceptors (Lipinski definition) is 6. The third kappa shape index (κ3) is 3.85. The minimum absolute atomic E-state index is 0.178. The quantitative estimate of drug-likeness (QED) is 0.455. The first-order valence-electron chi connectivity index (χ1n) is 12.2. The zero-order valence-electron chi connectivity index (χ0n) is 20.1. The summed E-state index contributed by atoms with van der Waals surface area (Å²) in [7, 11) is 1.90. The van der Waals surface area contributed by atoms with E-state index in [1.54, 1.807) is 4.68 Å². The lowest BCUT2D eigenvalue weighted by Crippen LogP contribution is -2.38. The SMILES string of the molecule is CCC(=O)N1CCc2c(N3CCOCC3)nn(-c3cccc4cc(-c5cnn(C)c5)ncc34)c2C1. The van der Waals surface area contributed by atoms with Crippen molar-refractivity contribution in [2.75, 3.05) is 37.7 Å². The number of aromatic nitrogens is 5. The van der Waals surface area contributed by atoms with E-state index in [1.807, 2.05) is 42.1 Å². The summed E-state index contributed by atoms with van der Waals surface area (Å²) in [6.45, 7) is 6.28. The van der Waals surface area contributed by atoms with Crippen molar-refractivity contribution >= 4 is 22.5 Å². The Balaban J connectivity index is 1.47. The van der Waals surface area contributed by atoms with Crippen molar-refractivity contribution in [2.45, 2.75) is 26.3 Å². The molecule has 1 fully saturated rings. The fourth-order valence-electron chi connectivity index (χ4n) is 5.11. The first kappa shape index (κ1) is 21.8. The molecule has 0 atom stereocenters. The predicted octanol–water partition coefficient (Wildman–Crippen LogP) is 2.95. The van der Waals surface area contributed by atoms with Gasteiger partial charge in [0.05, 0.1) is 43.0 Å². The summed E-state index contributed by atoms with van der Waals surface area (Å²) in [5.74, 6) is 1.20. The van der Waals surface area contributed by atoms with Crippen LogP contribution in [0.1, 0.15) is 24.6 Å². The number of aryl methyl sites for hydroxylation is 1. The Morgan fingerprint density at radius 1 is 1.14 bits per heavy atom. The van der Waals surface area contributed by atoms with Gasteiger partial charge in [-0.25, -0.2) is 4.68 Å². The average Bonchev–Trinajstić information content (AvgIpc) is 3.51. The number of carbonyl (C=O) groups excluding carboxylic acids is 1. The van der Waals surface area contributed by atoms with Gasteiger partial charge in [0.2, 0.25) is 5.91 Å². The first-order chi connectivity index (χ1) is 17.1. The summed E-state index contributed by atoms with van der Waals surface area (Å²) >= 11 is 0. The van der Waals surface area contributed by atoms with E-state index in [2.05, 4.69) is 34.3 Å². The van der Waals surface area contributed by atoms with Crippen molar-refractivity contribution < 1.29 is 9.53 Å². The molecule has 6 rings (SSSR count). The molecule has 35 heavy (non-hydrogen) atoms. The average molecular weight is 472 g/mol. The van der Waals surface area contributed by atoms with Gasteiger partial charge in [0, 0.05) is 62.0 Å². The second kappa shape index (κ2) is 8.81. The maximum absolute atomic E-state index is 12.6. The molecular formula is C26H29N7O2. The number of hydrogen-bond donors (Lipinski definition) is 0. The van der Waals surface area contributed by atoms with Crippen LogP contribution in [0.3, 0.4) is 0 Å². The Morgan fingerprint density at radius 2 is 2.00 bits per heavy atom. The molecule has 1 saturated heterocycles. The van der Waals surface area contributed by atoms with Crippen LogP contribution in [0.2, 0.25) is 0 Å². The largest absolute Gasteiger partial charge is 0.378 e. The van der Waals surface area contributed by atoms with Crippen LogP contribution < -0.4 is 4.90 Å².